The molecule has 1 aromatic heterocycles. The molecule has 0 aliphatic heterocycles. The lowest BCUT2D eigenvalue weighted by Gasteiger charge is -2.01. The van der Waals surface area contributed by atoms with E-state index < -0.39 is 0 Å². The Morgan fingerprint density at radius 1 is 1.25 bits per heavy atom. The number of hydrogen-bond acceptors (Lipinski definition) is 3. The van der Waals surface area contributed by atoms with Crippen LogP contribution in [0.25, 0.3) is 22.6 Å². The summed E-state index contributed by atoms with van der Waals surface area (Å²) in [4.78, 5) is 4.51. The van der Waals surface area contributed by atoms with Crippen LogP contribution in [0.3, 0.4) is 0 Å². The SMILES string of the molecule is Cc1ccccc1-c1nc2ccc(NC(N)=S)cc2o1. The molecule has 0 atom stereocenters. The van der Waals surface area contributed by atoms with Crippen molar-refractivity contribution < 1.29 is 4.42 Å². The molecule has 0 amide bonds. The number of oxazole rings is 1. The standard InChI is InChI=1S/C15H13N3OS/c1-9-4-2-3-5-11(9)14-18-12-7-6-10(17-15(16)20)8-13(12)19-14/h2-8H,1H3,(H3,16,17,20). The van der Waals surface area contributed by atoms with E-state index in [0.717, 1.165) is 22.3 Å². The van der Waals surface area contributed by atoms with Crippen LogP contribution in [-0.2, 0) is 0 Å². The summed E-state index contributed by atoms with van der Waals surface area (Å²) in [5.74, 6) is 0.616. The van der Waals surface area contributed by atoms with Crippen LogP contribution in [0, 0.1) is 6.92 Å². The van der Waals surface area contributed by atoms with Crippen molar-refractivity contribution in [3.8, 4) is 11.5 Å². The van der Waals surface area contributed by atoms with Crippen molar-refractivity contribution >= 4 is 34.1 Å². The topological polar surface area (TPSA) is 64.1 Å². The highest BCUT2D eigenvalue weighted by molar-refractivity contribution is 7.80. The van der Waals surface area contributed by atoms with E-state index in [-0.39, 0.29) is 5.11 Å². The molecular formula is C15H13N3OS. The molecule has 3 aromatic rings. The first-order valence-electron chi connectivity index (χ1n) is 6.16. The van der Waals surface area contributed by atoms with Gasteiger partial charge >= 0.3 is 0 Å². The van der Waals surface area contributed by atoms with Crippen LogP contribution in [0.2, 0.25) is 0 Å². The summed E-state index contributed by atoms with van der Waals surface area (Å²) in [7, 11) is 0. The molecule has 2 aromatic carbocycles. The van der Waals surface area contributed by atoms with Gasteiger partial charge in [0.1, 0.15) is 5.52 Å². The average Bonchev–Trinajstić information content (AvgIpc) is 2.81. The smallest absolute Gasteiger partial charge is 0.227 e. The maximum Gasteiger partial charge on any atom is 0.227 e. The normalized spacial score (nSPS) is 10.7. The zero-order valence-corrected chi connectivity index (χ0v) is 11.7. The summed E-state index contributed by atoms with van der Waals surface area (Å²) in [5, 5.41) is 3.10. The monoisotopic (exact) mass is 283 g/mol. The maximum atomic E-state index is 5.82. The van der Waals surface area contributed by atoms with Crippen molar-refractivity contribution in [1.82, 2.24) is 4.98 Å². The van der Waals surface area contributed by atoms with Gasteiger partial charge in [-0.2, -0.15) is 0 Å². The minimum absolute atomic E-state index is 0.225. The summed E-state index contributed by atoms with van der Waals surface area (Å²) in [6.07, 6.45) is 0. The van der Waals surface area contributed by atoms with Crippen molar-refractivity contribution in [2.45, 2.75) is 6.92 Å². The van der Waals surface area contributed by atoms with Gasteiger partial charge in [-0.25, -0.2) is 4.98 Å². The second kappa shape index (κ2) is 4.94. The van der Waals surface area contributed by atoms with Gasteiger partial charge in [-0.15, -0.1) is 0 Å². The van der Waals surface area contributed by atoms with Crippen molar-refractivity contribution in [2.75, 3.05) is 5.32 Å². The lowest BCUT2D eigenvalue weighted by atomic mass is 10.1. The van der Waals surface area contributed by atoms with Gasteiger partial charge in [0.25, 0.3) is 0 Å². The molecule has 0 bridgehead atoms. The summed E-state index contributed by atoms with van der Waals surface area (Å²) >= 11 is 4.82. The Balaban J connectivity index is 2.07. The van der Waals surface area contributed by atoms with E-state index in [2.05, 4.69) is 10.3 Å². The number of fused-ring (bicyclic) bond motifs is 1. The summed E-state index contributed by atoms with van der Waals surface area (Å²) < 4.78 is 5.82. The molecule has 0 spiro atoms. The maximum absolute atomic E-state index is 5.82. The number of nitrogens with zero attached hydrogens (tertiary/aromatic N) is 1. The van der Waals surface area contributed by atoms with E-state index in [1.807, 2.05) is 49.4 Å². The average molecular weight is 283 g/mol. The predicted molar refractivity (Wildman–Crippen MR) is 84.6 cm³/mol. The second-order valence-electron chi connectivity index (χ2n) is 4.51. The van der Waals surface area contributed by atoms with Gasteiger partial charge in [-0.3, -0.25) is 0 Å². The molecule has 0 aliphatic carbocycles. The number of aromatic nitrogens is 1. The van der Waals surface area contributed by atoms with Crippen molar-refractivity contribution in [1.29, 1.82) is 0 Å². The lowest BCUT2D eigenvalue weighted by Crippen LogP contribution is -2.18. The fraction of sp³-hybridized carbons (Fsp3) is 0.0667. The van der Waals surface area contributed by atoms with Crippen LogP contribution in [0.4, 0.5) is 5.69 Å². The van der Waals surface area contributed by atoms with Crippen LogP contribution >= 0.6 is 12.2 Å². The first kappa shape index (κ1) is 12.6. The van der Waals surface area contributed by atoms with Crippen LogP contribution in [0.15, 0.2) is 46.9 Å². The number of rotatable bonds is 2. The zero-order valence-electron chi connectivity index (χ0n) is 10.9. The third-order valence-electron chi connectivity index (χ3n) is 3.03. The Morgan fingerprint density at radius 3 is 2.80 bits per heavy atom. The number of hydrogen-bond donors (Lipinski definition) is 2. The summed E-state index contributed by atoms with van der Waals surface area (Å²) in [5.41, 5.74) is 9.87. The number of nitrogens with two attached hydrogens (primary N) is 1. The van der Waals surface area contributed by atoms with Crippen LogP contribution < -0.4 is 11.1 Å². The van der Waals surface area contributed by atoms with Gasteiger partial charge < -0.3 is 15.5 Å². The van der Waals surface area contributed by atoms with Gasteiger partial charge in [-0.1, -0.05) is 18.2 Å². The largest absolute Gasteiger partial charge is 0.436 e. The molecule has 3 N–H and O–H groups in total. The molecule has 0 radical (unpaired) electrons. The van der Waals surface area contributed by atoms with E-state index in [1.54, 1.807) is 0 Å². The van der Waals surface area contributed by atoms with Crippen LogP contribution in [0.5, 0.6) is 0 Å². The molecule has 0 unspecified atom stereocenters. The van der Waals surface area contributed by atoms with E-state index >= 15 is 0 Å². The Morgan fingerprint density at radius 2 is 2.05 bits per heavy atom. The van der Waals surface area contributed by atoms with Gasteiger partial charge in [-0.05, 0) is 42.9 Å². The molecule has 100 valence electrons. The van der Waals surface area contributed by atoms with Gasteiger partial charge in [0.2, 0.25) is 5.89 Å². The number of anilines is 1. The molecule has 5 heteroatoms. The Bertz CT molecular complexity index is 795. The molecule has 3 rings (SSSR count). The van der Waals surface area contributed by atoms with E-state index in [1.165, 1.54) is 0 Å². The summed E-state index contributed by atoms with van der Waals surface area (Å²) in [6, 6.07) is 13.6. The van der Waals surface area contributed by atoms with E-state index in [4.69, 9.17) is 22.4 Å². The number of nitrogens with one attached hydrogen (secondary N) is 1. The lowest BCUT2D eigenvalue weighted by molar-refractivity contribution is 0.619. The van der Waals surface area contributed by atoms with Crippen LogP contribution in [0.1, 0.15) is 5.56 Å². The van der Waals surface area contributed by atoms with Crippen molar-refractivity contribution in [3.05, 3.63) is 48.0 Å². The summed E-state index contributed by atoms with van der Waals surface area (Å²) in [6.45, 7) is 2.03. The van der Waals surface area contributed by atoms with Gasteiger partial charge in [0.05, 0.1) is 0 Å². The second-order valence-corrected chi connectivity index (χ2v) is 4.95. The molecule has 0 aliphatic rings. The van der Waals surface area contributed by atoms with Gasteiger partial charge in [0, 0.05) is 17.3 Å². The molecule has 4 nitrogen and oxygen atoms in total. The minimum atomic E-state index is 0.225. The molecule has 0 fully saturated rings. The first-order valence-corrected chi connectivity index (χ1v) is 6.57. The molecule has 1 heterocycles. The van der Waals surface area contributed by atoms with Crippen molar-refractivity contribution in [3.63, 3.8) is 0 Å². The Kier molecular flexibility index (Phi) is 3.12. The number of benzene rings is 2. The van der Waals surface area contributed by atoms with E-state index in [0.29, 0.717) is 11.5 Å². The van der Waals surface area contributed by atoms with Crippen molar-refractivity contribution in [2.24, 2.45) is 5.73 Å². The first-order chi connectivity index (χ1) is 9.63. The highest BCUT2D eigenvalue weighted by atomic mass is 32.1. The number of aryl methyl sites for hydroxylation is 1. The fourth-order valence-corrected chi connectivity index (χ4v) is 2.19. The molecule has 20 heavy (non-hydrogen) atoms. The highest BCUT2D eigenvalue weighted by Gasteiger charge is 2.10. The molecule has 0 saturated heterocycles. The predicted octanol–water partition coefficient (Wildman–Crippen LogP) is 3.46. The highest BCUT2D eigenvalue weighted by Crippen LogP contribution is 2.28. The van der Waals surface area contributed by atoms with Gasteiger partial charge in [0.15, 0.2) is 10.7 Å². The quantitative estimate of drug-likeness (QED) is 0.705. The fourth-order valence-electron chi connectivity index (χ4n) is 2.07. The third kappa shape index (κ3) is 2.35. The molecule has 0 saturated carbocycles. The third-order valence-corrected chi connectivity index (χ3v) is 3.13. The Hall–Kier alpha value is -2.40. The zero-order chi connectivity index (χ0) is 14.1. The molecular weight excluding hydrogens is 270 g/mol. The van der Waals surface area contributed by atoms with E-state index in [9.17, 15) is 0 Å². The number of thiocarbonyl (C=S) groups is 1. The Labute approximate surface area is 121 Å². The van der Waals surface area contributed by atoms with Crippen LogP contribution in [-0.4, -0.2) is 10.1 Å². The minimum Gasteiger partial charge on any atom is -0.436 e.